The Morgan fingerprint density at radius 1 is 1.29 bits per heavy atom. The highest BCUT2D eigenvalue weighted by molar-refractivity contribution is 8.02. The van der Waals surface area contributed by atoms with Crippen LogP contribution in [0.3, 0.4) is 0 Å². The number of carbonyl (C=O) groups excluding carboxylic acids is 1. The van der Waals surface area contributed by atoms with Gasteiger partial charge in [0.2, 0.25) is 0 Å². The molecule has 0 saturated carbocycles. The minimum Gasteiger partial charge on any atom is -0.494 e. The molecule has 0 spiro atoms. The number of methoxy groups -OCH3 is 1. The molecule has 1 amide bonds. The fourth-order valence-corrected chi connectivity index (χ4v) is 6.73. The van der Waals surface area contributed by atoms with Gasteiger partial charge in [0.25, 0.3) is 5.91 Å². The number of halogens is 1. The lowest BCUT2D eigenvalue weighted by Crippen LogP contribution is -2.27. The molecule has 1 N–H and O–H groups in total. The van der Waals surface area contributed by atoms with Crippen LogP contribution in [-0.4, -0.2) is 38.2 Å². The Kier molecular flexibility index (Phi) is 6.30. The standard InChI is InChI=1S/C20H22FNO4S2/c1-13(14-7-8-18(26-2)17(21)11-14)22-20(23)16-5-3-4-6-19(16)27-15-9-10-28(24,25)12-15/h3-8,11,13,15H,9-10,12H2,1-2H3,(H,22,23)/t13-,15+/m0/s1. The molecule has 1 aliphatic heterocycles. The summed E-state index contributed by atoms with van der Waals surface area (Å²) in [5.41, 5.74) is 1.11. The van der Waals surface area contributed by atoms with Crippen LogP contribution in [0.25, 0.3) is 0 Å². The van der Waals surface area contributed by atoms with Crippen LogP contribution in [0, 0.1) is 5.82 Å². The first kappa shape index (κ1) is 20.7. The average Bonchev–Trinajstić information content (AvgIpc) is 3.00. The van der Waals surface area contributed by atoms with Gasteiger partial charge in [-0.2, -0.15) is 0 Å². The van der Waals surface area contributed by atoms with Crippen molar-refractivity contribution >= 4 is 27.5 Å². The lowest BCUT2D eigenvalue weighted by molar-refractivity contribution is 0.0937. The zero-order valence-corrected chi connectivity index (χ0v) is 17.3. The van der Waals surface area contributed by atoms with E-state index in [4.69, 9.17) is 4.74 Å². The normalized spacial score (nSPS) is 19.2. The number of carbonyl (C=O) groups is 1. The van der Waals surface area contributed by atoms with Crippen LogP contribution in [-0.2, 0) is 9.84 Å². The Balaban J connectivity index is 1.73. The van der Waals surface area contributed by atoms with Crippen molar-refractivity contribution in [3.05, 3.63) is 59.4 Å². The molecule has 2 aromatic rings. The summed E-state index contributed by atoms with van der Waals surface area (Å²) >= 11 is 1.42. The monoisotopic (exact) mass is 423 g/mol. The first-order valence-electron chi connectivity index (χ1n) is 8.89. The Morgan fingerprint density at radius 2 is 2.04 bits per heavy atom. The molecule has 8 heteroatoms. The molecule has 3 rings (SSSR count). The van der Waals surface area contributed by atoms with Crippen LogP contribution in [0.15, 0.2) is 47.4 Å². The Morgan fingerprint density at radius 3 is 2.68 bits per heavy atom. The van der Waals surface area contributed by atoms with Gasteiger partial charge in [-0.05, 0) is 43.2 Å². The number of hydrogen-bond donors (Lipinski definition) is 1. The van der Waals surface area contributed by atoms with Gasteiger partial charge >= 0.3 is 0 Å². The quantitative estimate of drug-likeness (QED) is 0.769. The van der Waals surface area contributed by atoms with Gasteiger partial charge in [-0.1, -0.05) is 18.2 Å². The molecule has 1 heterocycles. The molecule has 150 valence electrons. The number of amides is 1. The molecule has 1 saturated heterocycles. The maximum atomic E-state index is 13.9. The maximum absolute atomic E-state index is 13.9. The van der Waals surface area contributed by atoms with Crippen molar-refractivity contribution in [1.29, 1.82) is 0 Å². The summed E-state index contributed by atoms with van der Waals surface area (Å²) in [6, 6.07) is 11.3. The van der Waals surface area contributed by atoms with Crippen LogP contribution >= 0.6 is 11.8 Å². The number of benzene rings is 2. The lowest BCUT2D eigenvalue weighted by Gasteiger charge is -2.17. The van der Waals surface area contributed by atoms with Crippen molar-refractivity contribution in [3.8, 4) is 5.75 Å². The summed E-state index contributed by atoms with van der Waals surface area (Å²) in [5, 5.41) is 2.83. The van der Waals surface area contributed by atoms with Gasteiger partial charge in [0, 0.05) is 10.1 Å². The smallest absolute Gasteiger partial charge is 0.252 e. The number of sulfone groups is 1. The SMILES string of the molecule is COc1ccc([C@H](C)NC(=O)c2ccccc2S[C@@H]2CCS(=O)(=O)C2)cc1F. The van der Waals surface area contributed by atoms with Gasteiger partial charge in [0.1, 0.15) is 0 Å². The second kappa shape index (κ2) is 8.53. The second-order valence-corrected chi connectivity index (χ2v) is 10.3. The molecule has 1 fully saturated rings. The highest BCUT2D eigenvalue weighted by atomic mass is 32.2. The van der Waals surface area contributed by atoms with Gasteiger partial charge in [0.15, 0.2) is 21.4 Å². The molecule has 5 nitrogen and oxygen atoms in total. The summed E-state index contributed by atoms with van der Waals surface area (Å²) in [6.45, 7) is 1.78. The fraction of sp³-hybridized carbons (Fsp3) is 0.350. The van der Waals surface area contributed by atoms with Gasteiger partial charge in [-0.3, -0.25) is 4.79 Å². The van der Waals surface area contributed by atoms with Crippen molar-refractivity contribution in [2.24, 2.45) is 0 Å². The van der Waals surface area contributed by atoms with Crippen molar-refractivity contribution in [2.75, 3.05) is 18.6 Å². The van der Waals surface area contributed by atoms with Crippen molar-refractivity contribution < 1.29 is 22.3 Å². The summed E-state index contributed by atoms with van der Waals surface area (Å²) < 4.78 is 42.2. The van der Waals surface area contributed by atoms with Crippen molar-refractivity contribution in [3.63, 3.8) is 0 Å². The van der Waals surface area contributed by atoms with Crippen LogP contribution in [0.4, 0.5) is 4.39 Å². The van der Waals surface area contributed by atoms with Gasteiger partial charge in [-0.25, -0.2) is 12.8 Å². The molecule has 0 aliphatic carbocycles. The Bertz CT molecular complexity index is 978. The second-order valence-electron chi connectivity index (χ2n) is 6.73. The fourth-order valence-electron chi connectivity index (χ4n) is 3.10. The maximum Gasteiger partial charge on any atom is 0.252 e. The third kappa shape index (κ3) is 4.86. The van der Waals surface area contributed by atoms with Gasteiger partial charge in [0.05, 0.1) is 30.2 Å². The average molecular weight is 424 g/mol. The van der Waals surface area contributed by atoms with Crippen LogP contribution in [0.1, 0.15) is 35.3 Å². The van der Waals surface area contributed by atoms with Gasteiger partial charge in [-0.15, -0.1) is 11.8 Å². The Labute approximate surface area is 168 Å². The highest BCUT2D eigenvalue weighted by Gasteiger charge is 2.29. The number of thioether (sulfide) groups is 1. The zero-order chi connectivity index (χ0) is 20.3. The van der Waals surface area contributed by atoms with E-state index in [2.05, 4.69) is 5.32 Å². The van der Waals surface area contributed by atoms with Crippen LogP contribution < -0.4 is 10.1 Å². The number of nitrogens with one attached hydrogen (secondary N) is 1. The number of rotatable bonds is 6. The Hall–Kier alpha value is -2.06. The summed E-state index contributed by atoms with van der Waals surface area (Å²) in [6.07, 6.45) is 0.588. The molecule has 0 aromatic heterocycles. The molecule has 1 aliphatic rings. The van der Waals surface area contributed by atoms with E-state index >= 15 is 0 Å². The molecule has 2 aromatic carbocycles. The number of ether oxygens (including phenoxy) is 1. The molecule has 0 unspecified atom stereocenters. The van der Waals surface area contributed by atoms with E-state index in [0.717, 1.165) is 4.90 Å². The van der Waals surface area contributed by atoms with E-state index in [1.807, 2.05) is 12.1 Å². The molecular weight excluding hydrogens is 401 g/mol. The van der Waals surface area contributed by atoms with E-state index in [1.165, 1.54) is 31.0 Å². The molecule has 0 bridgehead atoms. The predicted octanol–water partition coefficient (Wildman–Crippen LogP) is 3.60. The third-order valence-corrected chi connectivity index (χ3v) is 7.96. The van der Waals surface area contributed by atoms with E-state index in [9.17, 15) is 17.6 Å². The zero-order valence-electron chi connectivity index (χ0n) is 15.6. The molecule has 28 heavy (non-hydrogen) atoms. The minimum atomic E-state index is -2.98. The summed E-state index contributed by atoms with van der Waals surface area (Å²) in [5.74, 6) is -0.295. The highest BCUT2D eigenvalue weighted by Crippen LogP contribution is 2.33. The lowest BCUT2D eigenvalue weighted by atomic mass is 10.1. The summed E-state index contributed by atoms with van der Waals surface area (Å²) in [7, 11) is -1.58. The molecule has 0 radical (unpaired) electrons. The van der Waals surface area contributed by atoms with Crippen LogP contribution in [0.5, 0.6) is 5.75 Å². The van der Waals surface area contributed by atoms with E-state index in [1.54, 1.807) is 25.1 Å². The molecular formula is C20H22FNO4S2. The topological polar surface area (TPSA) is 72.5 Å². The van der Waals surface area contributed by atoms with Gasteiger partial charge < -0.3 is 10.1 Å². The third-order valence-electron chi connectivity index (χ3n) is 4.64. The largest absolute Gasteiger partial charge is 0.494 e. The van der Waals surface area contributed by atoms with E-state index in [-0.39, 0.29) is 28.4 Å². The predicted molar refractivity (Wildman–Crippen MR) is 108 cm³/mol. The first-order valence-corrected chi connectivity index (χ1v) is 11.6. The van der Waals surface area contributed by atoms with Crippen molar-refractivity contribution in [1.82, 2.24) is 5.32 Å². The van der Waals surface area contributed by atoms with Crippen LogP contribution in [0.2, 0.25) is 0 Å². The van der Waals surface area contributed by atoms with E-state index < -0.39 is 21.7 Å². The van der Waals surface area contributed by atoms with Crippen molar-refractivity contribution in [2.45, 2.75) is 29.5 Å². The van der Waals surface area contributed by atoms with E-state index in [0.29, 0.717) is 17.5 Å². The first-order chi connectivity index (χ1) is 13.3. The summed E-state index contributed by atoms with van der Waals surface area (Å²) in [4.78, 5) is 13.5. The minimum absolute atomic E-state index is 0.0490. The molecule has 2 atom stereocenters. The number of hydrogen-bond acceptors (Lipinski definition) is 5.